The molecule has 6 heteroatoms. The van der Waals surface area contributed by atoms with Crippen LogP contribution in [0, 0.1) is 5.82 Å². The molecule has 0 aliphatic rings. The molecule has 0 saturated heterocycles. The fourth-order valence-corrected chi connectivity index (χ4v) is 2.68. The molecule has 2 aromatic rings. The van der Waals surface area contributed by atoms with E-state index in [-0.39, 0.29) is 24.6 Å². The zero-order chi connectivity index (χ0) is 18.2. The summed E-state index contributed by atoms with van der Waals surface area (Å²) in [6.07, 6.45) is 0.677. The highest BCUT2D eigenvalue weighted by Gasteiger charge is 2.19. The molecule has 0 bridgehead atoms. The number of esters is 1. The standard InChI is InChI=1S/C19H19BrFNO3/c1-25-19(24)12-17(14-6-8-15(20)9-7-14)22-18(23)10-5-13-3-2-4-16(21)11-13/h2-4,6-9,11,17H,5,10,12H2,1H3,(H,22,23). The normalized spacial score (nSPS) is 11.6. The molecule has 0 saturated carbocycles. The van der Waals surface area contributed by atoms with Crippen LogP contribution in [0.25, 0.3) is 0 Å². The summed E-state index contributed by atoms with van der Waals surface area (Å²) in [5.41, 5.74) is 1.57. The first-order valence-corrected chi connectivity index (χ1v) is 8.63. The number of halogens is 2. The molecule has 1 atom stereocenters. The van der Waals surface area contributed by atoms with Crippen molar-refractivity contribution >= 4 is 27.8 Å². The average Bonchev–Trinajstić information content (AvgIpc) is 2.60. The molecule has 1 amide bonds. The van der Waals surface area contributed by atoms with Gasteiger partial charge < -0.3 is 10.1 Å². The van der Waals surface area contributed by atoms with Crippen LogP contribution in [0.15, 0.2) is 53.0 Å². The van der Waals surface area contributed by atoms with E-state index in [0.29, 0.717) is 6.42 Å². The molecule has 132 valence electrons. The number of aryl methyl sites for hydroxylation is 1. The van der Waals surface area contributed by atoms with Crippen LogP contribution in [0.1, 0.15) is 30.0 Å². The van der Waals surface area contributed by atoms with Crippen LogP contribution in [-0.4, -0.2) is 19.0 Å². The van der Waals surface area contributed by atoms with Gasteiger partial charge in [0.05, 0.1) is 19.6 Å². The summed E-state index contributed by atoms with van der Waals surface area (Å²) in [6.45, 7) is 0. The van der Waals surface area contributed by atoms with E-state index in [1.807, 2.05) is 24.3 Å². The van der Waals surface area contributed by atoms with Crippen LogP contribution in [-0.2, 0) is 20.7 Å². The fourth-order valence-electron chi connectivity index (χ4n) is 2.41. The van der Waals surface area contributed by atoms with Gasteiger partial charge in [0.15, 0.2) is 0 Å². The maximum Gasteiger partial charge on any atom is 0.307 e. The SMILES string of the molecule is COC(=O)CC(NC(=O)CCc1cccc(F)c1)c1ccc(Br)cc1. The summed E-state index contributed by atoms with van der Waals surface area (Å²) in [4.78, 5) is 23.9. The molecule has 2 rings (SSSR count). The van der Waals surface area contributed by atoms with Gasteiger partial charge in [-0.2, -0.15) is 0 Å². The largest absolute Gasteiger partial charge is 0.469 e. The Morgan fingerprint density at radius 1 is 1.20 bits per heavy atom. The van der Waals surface area contributed by atoms with Gasteiger partial charge in [-0.25, -0.2) is 4.39 Å². The maximum absolute atomic E-state index is 13.2. The number of methoxy groups -OCH3 is 1. The quantitative estimate of drug-likeness (QED) is 0.707. The number of ether oxygens (including phenoxy) is 1. The van der Waals surface area contributed by atoms with Gasteiger partial charge in [0.2, 0.25) is 5.91 Å². The molecule has 0 spiro atoms. The van der Waals surface area contributed by atoms with Crippen molar-refractivity contribution in [1.82, 2.24) is 5.32 Å². The second-order valence-electron chi connectivity index (χ2n) is 5.58. The number of hydrogen-bond donors (Lipinski definition) is 1. The van der Waals surface area contributed by atoms with Crippen molar-refractivity contribution in [1.29, 1.82) is 0 Å². The molecule has 1 N–H and O–H groups in total. The Hall–Kier alpha value is -2.21. The molecule has 4 nitrogen and oxygen atoms in total. The Kier molecular flexibility index (Phi) is 7.13. The van der Waals surface area contributed by atoms with Crippen molar-refractivity contribution in [2.45, 2.75) is 25.3 Å². The van der Waals surface area contributed by atoms with Crippen LogP contribution in [0.3, 0.4) is 0 Å². The van der Waals surface area contributed by atoms with Gasteiger partial charge in [0.25, 0.3) is 0 Å². The van der Waals surface area contributed by atoms with Crippen molar-refractivity contribution in [3.63, 3.8) is 0 Å². The third-order valence-corrected chi connectivity index (χ3v) is 4.26. The number of carbonyl (C=O) groups excluding carboxylic acids is 2. The summed E-state index contributed by atoms with van der Waals surface area (Å²) in [7, 11) is 1.31. The summed E-state index contributed by atoms with van der Waals surface area (Å²) >= 11 is 3.36. The number of amides is 1. The first-order chi connectivity index (χ1) is 12.0. The lowest BCUT2D eigenvalue weighted by atomic mass is 10.0. The fraction of sp³-hybridized carbons (Fsp3) is 0.263. The smallest absolute Gasteiger partial charge is 0.307 e. The molecule has 0 aliphatic heterocycles. The van der Waals surface area contributed by atoms with Gasteiger partial charge in [0.1, 0.15) is 5.82 Å². The zero-order valence-corrected chi connectivity index (χ0v) is 15.4. The monoisotopic (exact) mass is 407 g/mol. The minimum atomic E-state index is -0.472. The van der Waals surface area contributed by atoms with Gasteiger partial charge in [-0.1, -0.05) is 40.2 Å². The molecule has 0 radical (unpaired) electrons. The Morgan fingerprint density at radius 2 is 1.92 bits per heavy atom. The van der Waals surface area contributed by atoms with Gasteiger partial charge in [0, 0.05) is 10.9 Å². The number of hydrogen-bond acceptors (Lipinski definition) is 3. The minimum Gasteiger partial charge on any atom is -0.469 e. The second-order valence-corrected chi connectivity index (χ2v) is 6.50. The van der Waals surface area contributed by atoms with Gasteiger partial charge in [-0.15, -0.1) is 0 Å². The summed E-state index contributed by atoms with van der Waals surface area (Å²) in [6, 6.07) is 13.1. The van der Waals surface area contributed by atoms with Crippen molar-refractivity contribution in [2.75, 3.05) is 7.11 Å². The predicted molar refractivity (Wildman–Crippen MR) is 96.4 cm³/mol. The van der Waals surface area contributed by atoms with Gasteiger partial charge in [-0.05, 0) is 41.8 Å². The average molecular weight is 408 g/mol. The highest BCUT2D eigenvalue weighted by atomic mass is 79.9. The van der Waals surface area contributed by atoms with Crippen molar-refractivity contribution in [3.05, 3.63) is 69.9 Å². The highest BCUT2D eigenvalue weighted by molar-refractivity contribution is 9.10. The van der Waals surface area contributed by atoms with E-state index in [1.54, 1.807) is 12.1 Å². The van der Waals surface area contributed by atoms with Gasteiger partial charge >= 0.3 is 5.97 Å². The van der Waals surface area contributed by atoms with E-state index in [4.69, 9.17) is 4.74 Å². The van der Waals surface area contributed by atoms with E-state index in [0.717, 1.165) is 15.6 Å². The molecule has 25 heavy (non-hydrogen) atoms. The Labute approximate surface area is 154 Å². The molecular formula is C19H19BrFNO3. The van der Waals surface area contributed by atoms with Gasteiger partial charge in [-0.3, -0.25) is 9.59 Å². The van der Waals surface area contributed by atoms with Crippen molar-refractivity contribution in [3.8, 4) is 0 Å². The van der Waals surface area contributed by atoms with E-state index in [1.165, 1.54) is 19.2 Å². The first-order valence-electron chi connectivity index (χ1n) is 7.84. The van der Waals surface area contributed by atoms with E-state index in [2.05, 4.69) is 21.2 Å². The van der Waals surface area contributed by atoms with Crippen molar-refractivity contribution < 1.29 is 18.7 Å². The molecule has 0 aliphatic carbocycles. The molecule has 0 fully saturated rings. The number of nitrogens with one attached hydrogen (secondary N) is 1. The summed E-state index contributed by atoms with van der Waals surface area (Å²) < 4.78 is 18.8. The molecule has 2 aromatic carbocycles. The minimum absolute atomic E-state index is 0.0455. The van der Waals surface area contributed by atoms with Crippen LogP contribution >= 0.6 is 15.9 Å². The van der Waals surface area contributed by atoms with E-state index < -0.39 is 12.0 Å². The Balaban J connectivity index is 2.00. The molecule has 1 unspecified atom stereocenters. The molecular weight excluding hydrogens is 389 g/mol. The summed E-state index contributed by atoms with van der Waals surface area (Å²) in [5, 5.41) is 2.85. The van der Waals surface area contributed by atoms with Crippen LogP contribution in [0.2, 0.25) is 0 Å². The predicted octanol–water partition coefficient (Wildman–Crippen LogP) is 3.94. The number of rotatable bonds is 7. The first kappa shape index (κ1) is 19.1. The number of carbonyl (C=O) groups is 2. The number of benzene rings is 2. The molecule has 0 aromatic heterocycles. The Bertz CT molecular complexity index is 734. The van der Waals surface area contributed by atoms with Crippen LogP contribution in [0.5, 0.6) is 0 Å². The lowest BCUT2D eigenvalue weighted by Gasteiger charge is -2.18. The van der Waals surface area contributed by atoms with E-state index in [9.17, 15) is 14.0 Å². The second kappa shape index (κ2) is 9.32. The topological polar surface area (TPSA) is 55.4 Å². The van der Waals surface area contributed by atoms with Crippen molar-refractivity contribution in [2.24, 2.45) is 0 Å². The van der Waals surface area contributed by atoms with Crippen LogP contribution < -0.4 is 5.32 Å². The summed E-state index contributed by atoms with van der Waals surface area (Å²) in [5.74, 6) is -0.934. The van der Waals surface area contributed by atoms with Crippen LogP contribution in [0.4, 0.5) is 4.39 Å². The van der Waals surface area contributed by atoms with E-state index >= 15 is 0 Å². The lowest BCUT2D eigenvalue weighted by molar-refractivity contribution is -0.141. The maximum atomic E-state index is 13.2. The third kappa shape index (κ3) is 6.31. The Morgan fingerprint density at radius 3 is 2.56 bits per heavy atom. The highest BCUT2D eigenvalue weighted by Crippen LogP contribution is 2.20. The third-order valence-electron chi connectivity index (χ3n) is 3.74. The zero-order valence-electron chi connectivity index (χ0n) is 13.8. The molecule has 0 heterocycles. The lowest BCUT2D eigenvalue weighted by Crippen LogP contribution is -2.30.